The molecule has 9 heteroatoms. The first-order valence-electron chi connectivity index (χ1n) is 9.72. The van der Waals surface area contributed by atoms with Crippen molar-refractivity contribution in [2.75, 3.05) is 26.3 Å². The Hall–Kier alpha value is -2.26. The molecule has 1 aliphatic heterocycles. The van der Waals surface area contributed by atoms with Crippen LogP contribution in [0.25, 0.3) is 0 Å². The van der Waals surface area contributed by atoms with Crippen molar-refractivity contribution < 1.29 is 33.8 Å². The predicted molar refractivity (Wildman–Crippen MR) is 105 cm³/mol. The van der Waals surface area contributed by atoms with Crippen LogP contribution in [0.3, 0.4) is 0 Å². The fourth-order valence-electron chi connectivity index (χ4n) is 2.60. The Labute approximate surface area is 171 Å². The Kier molecular flexibility index (Phi) is 9.45. The van der Waals surface area contributed by atoms with Gasteiger partial charge in [0.25, 0.3) is 11.8 Å². The second-order valence-corrected chi connectivity index (χ2v) is 8.12. The molecule has 0 saturated heterocycles. The van der Waals surface area contributed by atoms with Crippen molar-refractivity contribution in [1.29, 1.82) is 0 Å². The number of hydrogen-bond acceptors (Lipinski definition) is 6. The number of aliphatic carboxylic acids is 1. The lowest BCUT2D eigenvalue weighted by Gasteiger charge is -2.29. The van der Waals surface area contributed by atoms with Crippen LogP contribution < -0.4 is 5.32 Å². The normalized spacial score (nSPS) is 14.6. The van der Waals surface area contributed by atoms with E-state index in [4.69, 9.17) is 14.6 Å². The molecule has 164 valence electrons. The molecule has 0 atom stereocenters. The largest absolute Gasteiger partial charge is 0.481 e. The number of hydrogen-bond donors (Lipinski definition) is 2. The van der Waals surface area contributed by atoms with Gasteiger partial charge in [-0.1, -0.05) is 0 Å². The topological polar surface area (TPSA) is 122 Å². The number of imide groups is 1. The third-order valence-corrected chi connectivity index (χ3v) is 4.52. The van der Waals surface area contributed by atoms with E-state index in [9.17, 15) is 19.2 Å². The third-order valence-electron chi connectivity index (χ3n) is 4.52. The molecule has 3 amide bonds. The number of ether oxygens (including phenoxy) is 2. The number of rotatable bonds is 14. The molecule has 1 rings (SSSR count). The molecule has 0 unspecified atom stereocenters. The van der Waals surface area contributed by atoms with Crippen LogP contribution in [0.2, 0.25) is 0 Å². The Morgan fingerprint density at radius 2 is 1.52 bits per heavy atom. The molecule has 0 aliphatic carbocycles. The van der Waals surface area contributed by atoms with Gasteiger partial charge in [-0.05, 0) is 40.5 Å². The van der Waals surface area contributed by atoms with E-state index in [1.807, 2.05) is 27.7 Å². The number of amides is 3. The standard InChI is InChI=1S/C20H32N2O7/c1-19(2,9-7-18(26)27)28-13-10-20(3,4)29-14-11-21-15(23)8-12-22-16(24)5-6-17(22)25/h5-6H,7-14H2,1-4H3,(H,21,23)(H,26,27). The highest BCUT2D eigenvalue weighted by Gasteiger charge is 2.24. The van der Waals surface area contributed by atoms with E-state index in [1.165, 1.54) is 12.2 Å². The highest BCUT2D eigenvalue weighted by molar-refractivity contribution is 6.13. The molecule has 0 aromatic carbocycles. The molecule has 29 heavy (non-hydrogen) atoms. The Morgan fingerprint density at radius 3 is 2.10 bits per heavy atom. The van der Waals surface area contributed by atoms with Gasteiger partial charge in [0.05, 0.1) is 24.4 Å². The Morgan fingerprint density at radius 1 is 0.966 bits per heavy atom. The fraction of sp³-hybridized carbons (Fsp3) is 0.700. The van der Waals surface area contributed by atoms with E-state index >= 15 is 0 Å². The molecule has 0 aromatic heterocycles. The first-order chi connectivity index (χ1) is 13.4. The van der Waals surface area contributed by atoms with Gasteiger partial charge in [0.15, 0.2) is 0 Å². The van der Waals surface area contributed by atoms with Gasteiger partial charge >= 0.3 is 5.97 Å². The smallest absolute Gasteiger partial charge is 0.303 e. The van der Waals surface area contributed by atoms with Crippen LogP contribution >= 0.6 is 0 Å². The highest BCUT2D eigenvalue weighted by atomic mass is 16.5. The zero-order valence-electron chi connectivity index (χ0n) is 17.7. The SMILES string of the molecule is CC(C)(CCOC(C)(C)CCC(=O)O)OCCNC(=O)CCN1C(=O)C=CC1=O. The van der Waals surface area contributed by atoms with Crippen molar-refractivity contribution >= 4 is 23.7 Å². The number of carbonyl (C=O) groups is 4. The van der Waals surface area contributed by atoms with Gasteiger partial charge in [-0.15, -0.1) is 0 Å². The molecule has 0 saturated carbocycles. The monoisotopic (exact) mass is 412 g/mol. The summed E-state index contributed by atoms with van der Waals surface area (Å²) in [7, 11) is 0. The van der Waals surface area contributed by atoms with E-state index in [2.05, 4.69) is 5.32 Å². The summed E-state index contributed by atoms with van der Waals surface area (Å²) in [5.41, 5.74) is -0.982. The van der Waals surface area contributed by atoms with Gasteiger partial charge in [0.1, 0.15) is 0 Å². The Bertz CT molecular complexity index is 623. The molecule has 9 nitrogen and oxygen atoms in total. The number of carbonyl (C=O) groups excluding carboxylic acids is 3. The average molecular weight is 412 g/mol. The summed E-state index contributed by atoms with van der Waals surface area (Å²) in [6.07, 6.45) is 3.52. The molecule has 1 heterocycles. The number of nitrogens with one attached hydrogen (secondary N) is 1. The maximum absolute atomic E-state index is 11.8. The van der Waals surface area contributed by atoms with Crippen molar-refractivity contribution in [1.82, 2.24) is 10.2 Å². The molecule has 0 radical (unpaired) electrons. The maximum Gasteiger partial charge on any atom is 0.303 e. The quantitative estimate of drug-likeness (QED) is 0.325. The van der Waals surface area contributed by atoms with Gasteiger partial charge in [-0.25, -0.2) is 0 Å². The van der Waals surface area contributed by atoms with Crippen molar-refractivity contribution in [3.63, 3.8) is 0 Å². The van der Waals surface area contributed by atoms with E-state index in [0.717, 1.165) is 4.90 Å². The molecule has 0 aromatic rings. The second-order valence-electron chi connectivity index (χ2n) is 8.12. The molecule has 0 spiro atoms. The van der Waals surface area contributed by atoms with Gasteiger partial charge < -0.3 is 19.9 Å². The van der Waals surface area contributed by atoms with Gasteiger partial charge in [-0.2, -0.15) is 0 Å². The molecule has 0 fully saturated rings. The van der Waals surface area contributed by atoms with Crippen LogP contribution in [0.4, 0.5) is 0 Å². The van der Waals surface area contributed by atoms with Crippen molar-refractivity contribution in [3.05, 3.63) is 12.2 Å². The number of carboxylic acids is 1. The fourth-order valence-corrected chi connectivity index (χ4v) is 2.60. The van der Waals surface area contributed by atoms with Crippen LogP contribution in [-0.4, -0.2) is 71.2 Å². The number of carboxylic acid groups (broad SMARTS) is 1. The van der Waals surface area contributed by atoms with Gasteiger partial charge in [0, 0.05) is 38.1 Å². The minimum Gasteiger partial charge on any atom is -0.481 e. The summed E-state index contributed by atoms with van der Waals surface area (Å²) in [5, 5.41) is 11.5. The summed E-state index contributed by atoms with van der Waals surface area (Å²) in [5.74, 6) is -1.91. The molecular weight excluding hydrogens is 380 g/mol. The molecule has 2 N–H and O–H groups in total. The van der Waals surface area contributed by atoms with E-state index in [1.54, 1.807) is 0 Å². The van der Waals surface area contributed by atoms with Crippen LogP contribution in [0.15, 0.2) is 12.2 Å². The minimum absolute atomic E-state index is 0.0435. The van der Waals surface area contributed by atoms with Crippen LogP contribution in [0.1, 0.15) is 53.4 Å². The summed E-state index contributed by atoms with van der Waals surface area (Å²) in [4.78, 5) is 46.4. The Balaban J connectivity index is 2.17. The van der Waals surface area contributed by atoms with Crippen molar-refractivity contribution in [2.45, 2.75) is 64.6 Å². The first kappa shape index (κ1) is 24.8. The average Bonchev–Trinajstić information content (AvgIpc) is 2.93. The summed E-state index contributed by atoms with van der Waals surface area (Å²) in [6.45, 7) is 8.66. The van der Waals surface area contributed by atoms with Gasteiger partial charge in [-0.3, -0.25) is 24.1 Å². The van der Waals surface area contributed by atoms with Crippen LogP contribution in [-0.2, 0) is 28.7 Å². The molecule has 1 aliphatic rings. The second kappa shape index (κ2) is 11.1. The lowest BCUT2D eigenvalue weighted by molar-refractivity contribution is -0.139. The van der Waals surface area contributed by atoms with Crippen molar-refractivity contribution in [2.24, 2.45) is 0 Å². The summed E-state index contributed by atoms with van der Waals surface area (Å²) < 4.78 is 11.6. The lowest BCUT2D eigenvalue weighted by atomic mass is 10.0. The number of nitrogens with zero attached hydrogens (tertiary/aromatic N) is 1. The van der Waals surface area contributed by atoms with Gasteiger partial charge in [0.2, 0.25) is 5.91 Å². The first-order valence-corrected chi connectivity index (χ1v) is 9.72. The van der Waals surface area contributed by atoms with Crippen molar-refractivity contribution in [3.8, 4) is 0 Å². The molecule has 0 bridgehead atoms. The van der Waals surface area contributed by atoms with Crippen LogP contribution in [0, 0.1) is 0 Å². The highest BCUT2D eigenvalue weighted by Crippen LogP contribution is 2.20. The summed E-state index contributed by atoms with van der Waals surface area (Å²) in [6, 6.07) is 0. The van der Waals surface area contributed by atoms with E-state index in [-0.39, 0.29) is 25.3 Å². The van der Waals surface area contributed by atoms with E-state index in [0.29, 0.717) is 32.6 Å². The minimum atomic E-state index is -0.845. The van der Waals surface area contributed by atoms with E-state index < -0.39 is 29.0 Å². The zero-order chi connectivity index (χ0) is 22.1. The predicted octanol–water partition coefficient (Wildman–Crippen LogP) is 1.26. The lowest BCUT2D eigenvalue weighted by Crippen LogP contribution is -2.37. The van der Waals surface area contributed by atoms with Crippen LogP contribution in [0.5, 0.6) is 0 Å². The maximum atomic E-state index is 11.8. The zero-order valence-corrected chi connectivity index (χ0v) is 17.7. The molecular formula is C20H32N2O7. The third kappa shape index (κ3) is 10.2. The summed E-state index contributed by atoms with van der Waals surface area (Å²) >= 11 is 0.